The molecule has 0 spiro atoms. The zero-order valence-electron chi connectivity index (χ0n) is 12.9. The average molecular weight is 334 g/mol. The largest absolute Gasteiger partial charge is 0.480 e. The Morgan fingerprint density at radius 3 is 2.70 bits per heavy atom. The highest BCUT2D eigenvalue weighted by Gasteiger charge is 2.26. The van der Waals surface area contributed by atoms with Gasteiger partial charge in [0, 0.05) is 11.6 Å². The summed E-state index contributed by atoms with van der Waals surface area (Å²) in [5.74, 6) is -1.24. The molecule has 2 N–H and O–H groups in total. The smallest absolute Gasteiger partial charge is 0.322 e. The SMILES string of the molecule is C=C(C)CC(NS(=O)(=O)c1ccc(C)c2ncccc12)C(=O)O. The van der Waals surface area contributed by atoms with Crippen molar-refractivity contribution in [1.82, 2.24) is 9.71 Å². The van der Waals surface area contributed by atoms with Gasteiger partial charge in [0.05, 0.1) is 10.4 Å². The van der Waals surface area contributed by atoms with E-state index in [-0.39, 0.29) is 11.3 Å². The van der Waals surface area contributed by atoms with E-state index in [1.165, 1.54) is 6.07 Å². The summed E-state index contributed by atoms with van der Waals surface area (Å²) in [5, 5.41) is 9.67. The monoisotopic (exact) mass is 334 g/mol. The molecule has 23 heavy (non-hydrogen) atoms. The van der Waals surface area contributed by atoms with Crippen molar-refractivity contribution in [3.8, 4) is 0 Å². The van der Waals surface area contributed by atoms with Gasteiger partial charge in [-0.1, -0.05) is 11.6 Å². The van der Waals surface area contributed by atoms with E-state index in [9.17, 15) is 18.3 Å². The van der Waals surface area contributed by atoms with Crippen LogP contribution in [0.4, 0.5) is 0 Å². The molecule has 0 radical (unpaired) electrons. The van der Waals surface area contributed by atoms with Crippen LogP contribution in [0, 0.1) is 6.92 Å². The highest BCUT2D eigenvalue weighted by molar-refractivity contribution is 7.89. The molecule has 0 fully saturated rings. The number of nitrogens with zero attached hydrogens (tertiary/aromatic N) is 1. The van der Waals surface area contributed by atoms with Gasteiger partial charge in [-0.15, -0.1) is 6.58 Å². The highest BCUT2D eigenvalue weighted by Crippen LogP contribution is 2.24. The molecule has 1 aromatic heterocycles. The number of rotatable bonds is 6. The summed E-state index contributed by atoms with van der Waals surface area (Å²) in [5.41, 5.74) is 1.99. The number of benzene rings is 1. The molecular formula is C16H18N2O4S. The fraction of sp³-hybridized carbons (Fsp3) is 0.250. The molecule has 0 aliphatic rings. The average Bonchev–Trinajstić information content (AvgIpc) is 2.46. The number of fused-ring (bicyclic) bond motifs is 1. The van der Waals surface area contributed by atoms with Gasteiger partial charge in [0.25, 0.3) is 0 Å². The maximum Gasteiger partial charge on any atom is 0.322 e. The third-order valence-electron chi connectivity index (χ3n) is 3.37. The molecule has 0 aliphatic carbocycles. The minimum Gasteiger partial charge on any atom is -0.480 e. The van der Waals surface area contributed by atoms with Crippen LogP contribution >= 0.6 is 0 Å². The zero-order valence-corrected chi connectivity index (χ0v) is 13.7. The van der Waals surface area contributed by atoms with E-state index in [1.54, 1.807) is 31.3 Å². The van der Waals surface area contributed by atoms with Gasteiger partial charge in [-0.3, -0.25) is 9.78 Å². The van der Waals surface area contributed by atoms with Gasteiger partial charge in [-0.2, -0.15) is 4.72 Å². The van der Waals surface area contributed by atoms with E-state index in [0.717, 1.165) is 5.56 Å². The summed E-state index contributed by atoms with van der Waals surface area (Å²) in [6.45, 7) is 7.12. The molecule has 0 saturated heterocycles. The second-order valence-electron chi connectivity index (χ2n) is 5.45. The van der Waals surface area contributed by atoms with Crippen LogP contribution in [-0.2, 0) is 14.8 Å². The molecule has 0 aliphatic heterocycles. The Bertz CT molecular complexity index is 875. The van der Waals surface area contributed by atoms with Gasteiger partial charge < -0.3 is 5.11 Å². The van der Waals surface area contributed by atoms with Gasteiger partial charge in [-0.05, 0) is 44.0 Å². The number of carboxylic acids is 1. The number of aromatic nitrogens is 1. The molecule has 0 amide bonds. The predicted octanol–water partition coefficient (Wildman–Crippen LogP) is 2.24. The van der Waals surface area contributed by atoms with Gasteiger partial charge in [0.1, 0.15) is 6.04 Å². The molecular weight excluding hydrogens is 316 g/mol. The Hall–Kier alpha value is -2.25. The van der Waals surface area contributed by atoms with E-state index in [0.29, 0.717) is 16.5 Å². The summed E-state index contributed by atoms with van der Waals surface area (Å²) < 4.78 is 27.5. The lowest BCUT2D eigenvalue weighted by atomic mass is 10.1. The van der Waals surface area contributed by atoms with Crippen LogP contribution < -0.4 is 4.72 Å². The second-order valence-corrected chi connectivity index (χ2v) is 7.14. The first kappa shape index (κ1) is 17.1. The Kier molecular flexibility index (Phi) is 4.82. The highest BCUT2D eigenvalue weighted by atomic mass is 32.2. The van der Waals surface area contributed by atoms with Crippen molar-refractivity contribution in [2.45, 2.75) is 31.2 Å². The Balaban J connectivity index is 2.50. The summed E-state index contributed by atoms with van der Waals surface area (Å²) in [7, 11) is -4.01. The van der Waals surface area contributed by atoms with Crippen LogP contribution in [0.3, 0.4) is 0 Å². The van der Waals surface area contributed by atoms with Crippen LogP contribution in [0.25, 0.3) is 10.9 Å². The van der Waals surface area contributed by atoms with E-state index < -0.39 is 22.0 Å². The van der Waals surface area contributed by atoms with Crippen molar-refractivity contribution in [2.75, 3.05) is 0 Å². The minimum atomic E-state index is -4.01. The number of carbonyl (C=O) groups is 1. The third kappa shape index (κ3) is 3.75. The first-order chi connectivity index (χ1) is 10.7. The van der Waals surface area contributed by atoms with E-state index in [4.69, 9.17) is 0 Å². The Labute approximate surface area is 134 Å². The zero-order chi connectivity index (χ0) is 17.2. The lowest BCUT2D eigenvalue weighted by molar-refractivity contribution is -0.138. The Morgan fingerprint density at radius 2 is 2.09 bits per heavy atom. The predicted molar refractivity (Wildman–Crippen MR) is 87.7 cm³/mol. The van der Waals surface area contributed by atoms with Crippen LogP contribution in [0.15, 0.2) is 47.5 Å². The number of aryl methyl sites for hydroxylation is 1. The molecule has 122 valence electrons. The van der Waals surface area contributed by atoms with Gasteiger partial charge in [0.2, 0.25) is 10.0 Å². The normalized spacial score (nSPS) is 13.0. The van der Waals surface area contributed by atoms with Crippen molar-refractivity contribution in [3.05, 3.63) is 48.2 Å². The molecule has 2 aromatic rings. The topological polar surface area (TPSA) is 96.4 Å². The number of pyridine rings is 1. The molecule has 2 rings (SSSR count). The molecule has 1 aromatic carbocycles. The number of carboxylic acid groups (broad SMARTS) is 1. The third-order valence-corrected chi connectivity index (χ3v) is 4.90. The van der Waals surface area contributed by atoms with Crippen molar-refractivity contribution in [1.29, 1.82) is 0 Å². The van der Waals surface area contributed by atoms with Crippen molar-refractivity contribution < 1.29 is 18.3 Å². The summed E-state index contributed by atoms with van der Waals surface area (Å²) >= 11 is 0. The fourth-order valence-electron chi connectivity index (χ4n) is 2.30. The molecule has 0 saturated carbocycles. The van der Waals surface area contributed by atoms with Gasteiger partial charge in [0.15, 0.2) is 0 Å². The second kappa shape index (κ2) is 6.47. The van der Waals surface area contributed by atoms with Crippen LogP contribution in [0.2, 0.25) is 0 Å². The number of hydrogen-bond acceptors (Lipinski definition) is 4. The van der Waals surface area contributed by atoms with Crippen LogP contribution in [-0.4, -0.2) is 30.5 Å². The lowest BCUT2D eigenvalue weighted by Crippen LogP contribution is -2.40. The maximum atomic E-state index is 12.6. The van der Waals surface area contributed by atoms with Crippen LogP contribution in [0.1, 0.15) is 18.9 Å². The number of aliphatic carboxylic acids is 1. The molecule has 1 unspecified atom stereocenters. The molecule has 6 nitrogen and oxygen atoms in total. The van der Waals surface area contributed by atoms with E-state index >= 15 is 0 Å². The Morgan fingerprint density at radius 1 is 1.39 bits per heavy atom. The van der Waals surface area contributed by atoms with Gasteiger partial charge >= 0.3 is 5.97 Å². The van der Waals surface area contributed by atoms with Gasteiger partial charge in [-0.25, -0.2) is 8.42 Å². The van der Waals surface area contributed by atoms with E-state index in [1.807, 2.05) is 6.92 Å². The fourth-order valence-corrected chi connectivity index (χ4v) is 3.69. The number of hydrogen-bond donors (Lipinski definition) is 2. The van der Waals surface area contributed by atoms with Crippen molar-refractivity contribution in [3.63, 3.8) is 0 Å². The summed E-state index contributed by atoms with van der Waals surface area (Å²) in [6.07, 6.45) is 1.61. The van der Waals surface area contributed by atoms with Crippen LogP contribution in [0.5, 0.6) is 0 Å². The lowest BCUT2D eigenvalue weighted by Gasteiger charge is -2.16. The first-order valence-electron chi connectivity index (χ1n) is 6.96. The number of sulfonamides is 1. The standard InChI is InChI=1S/C16H18N2O4S/c1-10(2)9-13(16(19)20)18-23(21,22)14-7-6-11(3)15-12(14)5-4-8-17-15/h4-8,13,18H,1,9H2,2-3H3,(H,19,20). The summed E-state index contributed by atoms with van der Waals surface area (Å²) in [6, 6.07) is 5.15. The minimum absolute atomic E-state index is 0.0131. The molecule has 1 atom stereocenters. The number of nitrogens with one attached hydrogen (secondary N) is 1. The quantitative estimate of drug-likeness (QED) is 0.790. The first-order valence-corrected chi connectivity index (χ1v) is 8.44. The van der Waals surface area contributed by atoms with Crippen molar-refractivity contribution >= 4 is 26.9 Å². The molecule has 0 bridgehead atoms. The maximum absolute atomic E-state index is 12.6. The summed E-state index contributed by atoms with van der Waals surface area (Å²) in [4.78, 5) is 15.5. The van der Waals surface area contributed by atoms with E-state index in [2.05, 4.69) is 16.3 Å². The molecule has 7 heteroatoms. The molecule has 1 heterocycles. The van der Waals surface area contributed by atoms with Crippen molar-refractivity contribution in [2.24, 2.45) is 0 Å².